The van der Waals surface area contributed by atoms with Crippen molar-refractivity contribution in [3.8, 4) is 5.75 Å². The standard InChI is InChI=1S/C28H21F2NO3/c1-33-26-9-8-24(29)22(27(26)30)13-31-28(32)15-6-7-17-16-11-20(19(17)10-15)21(12-16)23-14-34-25-5-3-2-4-18(23)25/h2-10,12,14,16,20H,11,13H2,1H3,(H,31,32). The SMILES string of the molecule is COc1ccc(F)c(CNC(=O)c2ccc3c(c2)C2CC3C=C2c2coc3ccccc23)c1F. The second kappa shape index (κ2) is 7.83. The molecule has 0 saturated carbocycles. The van der Waals surface area contributed by atoms with Crippen LogP contribution >= 0.6 is 0 Å². The lowest BCUT2D eigenvalue weighted by Gasteiger charge is -2.18. The summed E-state index contributed by atoms with van der Waals surface area (Å²) in [6, 6.07) is 16.0. The van der Waals surface area contributed by atoms with Crippen molar-refractivity contribution < 1.29 is 22.7 Å². The molecule has 0 aliphatic heterocycles. The van der Waals surface area contributed by atoms with E-state index in [1.165, 1.54) is 24.3 Å². The summed E-state index contributed by atoms with van der Waals surface area (Å²) in [5, 5.41) is 3.72. The first kappa shape index (κ1) is 20.7. The number of halogens is 2. The molecule has 1 heterocycles. The third-order valence-corrected chi connectivity index (χ3v) is 6.96. The minimum absolute atomic E-state index is 0.0645. The topological polar surface area (TPSA) is 51.5 Å². The van der Waals surface area contributed by atoms with E-state index in [0.29, 0.717) is 11.5 Å². The van der Waals surface area contributed by atoms with Crippen LogP contribution in [0.1, 0.15) is 50.9 Å². The average Bonchev–Trinajstić information content (AvgIpc) is 3.57. The molecular formula is C28H21F2NO3. The number of hydrogen-bond acceptors (Lipinski definition) is 3. The summed E-state index contributed by atoms with van der Waals surface area (Å²) in [5.74, 6) is -1.50. The van der Waals surface area contributed by atoms with Crippen LogP contribution < -0.4 is 10.1 Å². The Balaban J connectivity index is 1.26. The van der Waals surface area contributed by atoms with Gasteiger partial charge in [-0.25, -0.2) is 8.78 Å². The van der Waals surface area contributed by atoms with Crippen LogP contribution in [0.4, 0.5) is 8.78 Å². The Kier molecular flexibility index (Phi) is 4.76. The number of amides is 1. The fourth-order valence-electron chi connectivity index (χ4n) is 5.29. The molecule has 0 fully saturated rings. The average molecular weight is 457 g/mol. The zero-order valence-corrected chi connectivity index (χ0v) is 18.4. The molecule has 34 heavy (non-hydrogen) atoms. The first-order chi connectivity index (χ1) is 16.5. The fraction of sp³-hybridized carbons (Fsp3) is 0.179. The molecule has 2 bridgehead atoms. The minimum atomic E-state index is -0.809. The summed E-state index contributed by atoms with van der Waals surface area (Å²) in [6.07, 6.45) is 5.08. The lowest BCUT2D eigenvalue weighted by atomic mass is 9.86. The zero-order chi connectivity index (χ0) is 23.4. The number of hydrogen-bond donors (Lipinski definition) is 1. The molecule has 0 spiro atoms. The number of carbonyl (C=O) groups excluding carboxylic acids is 1. The molecule has 1 amide bonds. The lowest BCUT2D eigenvalue weighted by Crippen LogP contribution is -2.24. The van der Waals surface area contributed by atoms with Gasteiger partial charge in [-0.2, -0.15) is 0 Å². The van der Waals surface area contributed by atoms with Crippen molar-refractivity contribution in [2.45, 2.75) is 24.8 Å². The second-order valence-electron chi connectivity index (χ2n) is 8.73. The van der Waals surface area contributed by atoms with Gasteiger partial charge in [-0.05, 0) is 53.5 Å². The van der Waals surface area contributed by atoms with Crippen molar-refractivity contribution in [2.24, 2.45) is 0 Å². The van der Waals surface area contributed by atoms with Gasteiger partial charge in [-0.3, -0.25) is 4.79 Å². The third kappa shape index (κ3) is 3.13. The zero-order valence-electron chi connectivity index (χ0n) is 18.4. The first-order valence-electron chi connectivity index (χ1n) is 11.2. The van der Waals surface area contributed by atoms with E-state index in [4.69, 9.17) is 9.15 Å². The predicted octanol–water partition coefficient (Wildman–Crippen LogP) is 6.32. The lowest BCUT2D eigenvalue weighted by molar-refractivity contribution is 0.0950. The molecule has 4 nitrogen and oxygen atoms in total. The van der Waals surface area contributed by atoms with Gasteiger partial charge in [-0.15, -0.1) is 0 Å². The summed E-state index contributed by atoms with van der Waals surface area (Å²) in [7, 11) is 1.31. The van der Waals surface area contributed by atoms with Crippen LogP contribution in [0.2, 0.25) is 0 Å². The number of allylic oxidation sites excluding steroid dienone is 2. The number of ether oxygens (including phenoxy) is 1. The second-order valence-corrected chi connectivity index (χ2v) is 8.73. The van der Waals surface area contributed by atoms with E-state index in [1.54, 1.807) is 6.07 Å². The number of fused-ring (bicyclic) bond motifs is 6. The van der Waals surface area contributed by atoms with Gasteiger partial charge in [-0.1, -0.05) is 30.3 Å². The maximum atomic E-state index is 14.4. The molecule has 170 valence electrons. The van der Waals surface area contributed by atoms with Crippen LogP contribution in [0.25, 0.3) is 16.5 Å². The van der Waals surface area contributed by atoms with Crippen molar-refractivity contribution in [3.05, 3.63) is 106 Å². The van der Waals surface area contributed by atoms with Gasteiger partial charge in [0.15, 0.2) is 11.6 Å². The molecule has 2 unspecified atom stereocenters. The smallest absolute Gasteiger partial charge is 0.251 e. The van der Waals surface area contributed by atoms with Crippen LogP contribution in [0, 0.1) is 11.6 Å². The Morgan fingerprint density at radius 1 is 1.12 bits per heavy atom. The van der Waals surface area contributed by atoms with Crippen LogP contribution in [0.15, 0.2) is 71.4 Å². The van der Waals surface area contributed by atoms with Crippen molar-refractivity contribution in [2.75, 3.05) is 7.11 Å². The molecule has 2 atom stereocenters. The molecule has 6 rings (SSSR count). The molecule has 6 heteroatoms. The molecule has 4 aromatic rings. The van der Waals surface area contributed by atoms with E-state index in [-0.39, 0.29) is 29.7 Å². The largest absolute Gasteiger partial charge is 0.494 e. The van der Waals surface area contributed by atoms with Gasteiger partial charge in [0.05, 0.1) is 13.4 Å². The first-order valence-corrected chi connectivity index (χ1v) is 11.2. The molecule has 2 aliphatic carbocycles. The van der Waals surface area contributed by atoms with Crippen LogP contribution in [0.5, 0.6) is 5.75 Å². The Labute approximate surface area is 194 Å². The molecule has 1 aromatic heterocycles. The molecule has 1 N–H and O–H groups in total. The van der Waals surface area contributed by atoms with Crippen LogP contribution in [-0.2, 0) is 6.54 Å². The van der Waals surface area contributed by atoms with E-state index < -0.39 is 11.6 Å². The number of benzene rings is 3. The van der Waals surface area contributed by atoms with Crippen LogP contribution in [-0.4, -0.2) is 13.0 Å². The van der Waals surface area contributed by atoms with Gasteiger partial charge < -0.3 is 14.5 Å². The van der Waals surface area contributed by atoms with Gasteiger partial charge in [0, 0.05) is 40.5 Å². The summed E-state index contributed by atoms with van der Waals surface area (Å²) < 4.78 is 39.2. The van der Waals surface area contributed by atoms with E-state index >= 15 is 0 Å². The Bertz CT molecular complexity index is 1490. The summed E-state index contributed by atoms with van der Waals surface area (Å²) >= 11 is 0. The van der Waals surface area contributed by atoms with Crippen molar-refractivity contribution >= 4 is 22.4 Å². The Morgan fingerprint density at radius 3 is 2.82 bits per heavy atom. The normalized spacial score (nSPS) is 18.1. The highest BCUT2D eigenvalue weighted by Crippen LogP contribution is 2.56. The maximum Gasteiger partial charge on any atom is 0.251 e. The highest BCUT2D eigenvalue weighted by Gasteiger charge is 2.39. The summed E-state index contributed by atoms with van der Waals surface area (Å²) in [6.45, 7) is -0.275. The number of methoxy groups -OCH3 is 1. The number of nitrogens with one attached hydrogen (secondary N) is 1. The number of furan rings is 1. The van der Waals surface area contributed by atoms with Gasteiger partial charge in [0.25, 0.3) is 5.91 Å². The molecular weight excluding hydrogens is 436 g/mol. The van der Waals surface area contributed by atoms with Crippen molar-refractivity contribution in [3.63, 3.8) is 0 Å². The van der Waals surface area contributed by atoms with Gasteiger partial charge in [0.1, 0.15) is 11.4 Å². The monoisotopic (exact) mass is 457 g/mol. The Hall–Kier alpha value is -3.93. The fourth-order valence-corrected chi connectivity index (χ4v) is 5.29. The molecule has 0 saturated heterocycles. The molecule has 0 radical (unpaired) electrons. The highest BCUT2D eigenvalue weighted by molar-refractivity contribution is 5.97. The van der Waals surface area contributed by atoms with Crippen molar-refractivity contribution in [1.82, 2.24) is 5.32 Å². The Morgan fingerprint density at radius 2 is 1.97 bits per heavy atom. The van der Waals surface area contributed by atoms with Crippen LogP contribution in [0.3, 0.4) is 0 Å². The number of rotatable bonds is 5. The number of para-hydroxylation sites is 1. The maximum absolute atomic E-state index is 14.4. The van der Waals surface area contributed by atoms with Gasteiger partial charge >= 0.3 is 0 Å². The summed E-state index contributed by atoms with van der Waals surface area (Å²) in [4.78, 5) is 12.9. The quantitative estimate of drug-likeness (QED) is 0.382. The summed E-state index contributed by atoms with van der Waals surface area (Å²) in [5.41, 5.74) is 5.75. The highest BCUT2D eigenvalue weighted by atomic mass is 19.1. The minimum Gasteiger partial charge on any atom is -0.494 e. The van der Waals surface area contributed by atoms with E-state index in [2.05, 4.69) is 17.5 Å². The van der Waals surface area contributed by atoms with Crippen molar-refractivity contribution in [1.29, 1.82) is 0 Å². The number of carbonyl (C=O) groups is 1. The van der Waals surface area contributed by atoms with Gasteiger partial charge in [0.2, 0.25) is 0 Å². The molecule has 2 aliphatic rings. The van der Waals surface area contributed by atoms with E-state index in [0.717, 1.165) is 34.6 Å². The molecule has 3 aromatic carbocycles. The van der Waals surface area contributed by atoms with E-state index in [9.17, 15) is 13.6 Å². The third-order valence-electron chi connectivity index (χ3n) is 6.96. The predicted molar refractivity (Wildman–Crippen MR) is 125 cm³/mol. The van der Waals surface area contributed by atoms with E-state index in [1.807, 2.05) is 36.6 Å².